The van der Waals surface area contributed by atoms with Gasteiger partial charge in [0, 0.05) is 3.92 Å². The minimum absolute atomic E-state index is 0.488. The van der Waals surface area contributed by atoms with E-state index >= 15 is 0 Å². The van der Waals surface area contributed by atoms with Crippen molar-refractivity contribution in [2.75, 3.05) is 0 Å². The molecule has 10 heavy (non-hydrogen) atoms. The summed E-state index contributed by atoms with van der Waals surface area (Å²) in [6.07, 6.45) is 5.80. The zero-order chi connectivity index (χ0) is 7.40. The van der Waals surface area contributed by atoms with Crippen molar-refractivity contribution in [3.8, 4) is 0 Å². The maximum atomic E-state index is 2.59. The molecule has 1 aliphatic rings. The first-order valence-electron chi connectivity index (χ1n) is 4.26. The highest BCUT2D eigenvalue weighted by atomic mass is 127. The van der Waals surface area contributed by atoms with Crippen molar-refractivity contribution in [2.24, 2.45) is 5.92 Å². The van der Waals surface area contributed by atoms with Gasteiger partial charge in [-0.05, 0) is 18.8 Å². The van der Waals surface area contributed by atoms with Gasteiger partial charge >= 0.3 is 0 Å². The summed E-state index contributed by atoms with van der Waals surface area (Å²) < 4.78 is 3.66. The molecule has 1 rings (SSSR count). The van der Waals surface area contributed by atoms with Crippen molar-refractivity contribution in [3.63, 3.8) is 0 Å². The van der Waals surface area contributed by atoms with Crippen LogP contribution >= 0.6 is 20.7 Å². The van der Waals surface area contributed by atoms with Gasteiger partial charge in [-0.2, -0.15) is 0 Å². The summed E-state index contributed by atoms with van der Waals surface area (Å²) in [5.41, 5.74) is 0. The summed E-state index contributed by atoms with van der Waals surface area (Å²) in [6, 6.07) is 0. The van der Waals surface area contributed by atoms with Gasteiger partial charge in [0.05, 0.1) is 0 Å². The summed E-state index contributed by atoms with van der Waals surface area (Å²) in [7, 11) is 0. The highest BCUT2D eigenvalue weighted by Gasteiger charge is 2.13. The Bertz CT molecular complexity index is 118. The van der Waals surface area contributed by atoms with E-state index in [1.165, 1.54) is 25.7 Å². The van der Waals surface area contributed by atoms with E-state index in [4.69, 9.17) is 0 Å². The summed E-state index contributed by atoms with van der Waals surface area (Å²) >= 11 is 0.488. The normalized spacial score (nSPS) is 33.4. The van der Waals surface area contributed by atoms with Crippen LogP contribution in [0.2, 0.25) is 0 Å². The molecule has 0 spiro atoms. The Morgan fingerprint density at radius 1 is 1.60 bits per heavy atom. The lowest BCUT2D eigenvalue weighted by Gasteiger charge is -2.20. The Balaban J connectivity index is 2.29. The molecule has 2 atom stereocenters. The van der Waals surface area contributed by atoms with Crippen LogP contribution < -0.4 is 0 Å². The first kappa shape index (κ1) is 8.69. The van der Waals surface area contributed by atoms with Gasteiger partial charge in [-0.15, -0.1) is 20.7 Å². The van der Waals surface area contributed by atoms with Crippen molar-refractivity contribution in [1.29, 1.82) is 0 Å². The average Bonchev–Trinajstić information content (AvgIpc) is 1.88. The van der Waals surface area contributed by atoms with E-state index < -0.39 is 0 Å². The van der Waals surface area contributed by atoms with E-state index in [-0.39, 0.29) is 0 Å². The van der Waals surface area contributed by atoms with Gasteiger partial charge < -0.3 is 0 Å². The van der Waals surface area contributed by atoms with Crippen LogP contribution in [0, 0.1) is 5.92 Å². The van der Waals surface area contributed by atoms with Gasteiger partial charge in [0.1, 0.15) is 0 Å². The Labute approximate surface area is 74.1 Å². The minimum atomic E-state index is 0.488. The van der Waals surface area contributed by atoms with Crippen molar-refractivity contribution >= 4 is 24.7 Å². The van der Waals surface area contributed by atoms with Crippen LogP contribution in [0.1, 0.15) is 39.5 Å². The van der Waals surface area contributed by atoms with Gasteiger partial charge in [-0.3, -0.25) is 0 Å². The summed E-state index contributed by atoms with van der Waals surface area (Å²) in [6.45, 7) is 4.72. The molecule has 1 heterocycles. The molecule has 0 aromatic rings. The third kappa shape index (κ3) is 2.69. The predicted octanol–water partition coefficient (Wildman–Crippen LogP) is 3.36. The molecular formula is C9H17I. The fourth-order valence-electron chi connectivity index (χ4n) is 1.58. The lowest BCUT2D eigenvalue weighted by atomic mass is 9.96. The largest absolute Gasteiger partial charge is 0.124 e. The van der Waals surface area contributed by atoms with E-state index in [0.29, 0.717) is 20.7 Å². The zero-order valence-electron chi connectivity index (χ0n) is 6.94. The quantitative estimate of drug-likeness (QED) is 0.522. The molecule has 0 radical (unpaired) electrons. The monoisotopic (exact) mass is 252 g/mol. The van der Waals surface area contributed by atoms with Gasteiger partial charge in [-0.25, -0.2) is 0 Å². The molecule has 60 valence electrons. The number of hydrogen-bond acceptors (Lipinski definition) is 0. The number of rotatable bonds is 2. The number of hydrogen-bond donors (Lipinski definition) is 0. The second-order valence-electron chi connectivity index (χ2n) is 3.19. The topological polar surface area (TPSA) is 0 Å². The van der Waals surface area contributed by atoms with E-state index in [0.717, 1.165) is 9.84 Å². The SMILES string of the molecule is CCC[C@H]1CC=I[C@@H](C)C1. The van der Waals surface area contributed by atoms with E-state index in [9.17, 15) is 0 Å². The zero-order valence-corrected chi connectivity index (χ0v) is 9.10. The van der Waals surface area contributed by atoms with Crippen molar-refractivity contribution in [2.45, 2.75) is 43.5 Å². The predicted molar refractivity (Wildman–Crippen MR) is 57.2 cm³/mol. The molecule has 1 heteroatoms. The summed E-state index contributed by atoms with van der Waals surface area (Å²) in [5, 5.41) is 0. The highest BCUT2D eigenvalue weighted by Crippen LogP contribution is 2.28. The van der Waals surface area contributed by atoms with Crippen molar-refractivity contribution in [3.05, 3.63) is 0 Å². The molecule has 0 unspecified atom stereocenters. The fourth-order valence-corrected chi connectivity index (χ4v) is 4.47. The third-order valence-electron chi connectivity index (χ3n) is 2.08. The third-order valence-corrected chi connectivity index (χ3v) is 4.83. The summed E-state index contributed by atoms with van der Waals surface area (Å²) in [4.78, 5) is 0. The van der Waals surface area contributed by atoms with Crippen LogP contribution in [-0.4, -0.2) is 7.94 Å². The smallest absolute Gasteiger partial charge is 0.00337 e. The molecule has 0 fully saturated rings. The summed E-state index contributed by atoms with van der Waals surface area (Å²) in [5.74, 6) is 1.05. The molecule has 0 aromatic heterocycles. The Kier molecular flexibility index (Phi) is 3.89. The van der Waals surface area contributed by atoms with Gasteiger partial charge in [0.2, 0.25) is 0 Å². The van der Waals surface area contributed by atoms with Gasteiger partial charge in [-0.1, -0.05) is 30.7 Å². The van der Waals surface area contributed by atoms with Crippen molar-refractivity contribution < 1.29 is 0 Å². The molecule has 0 aliphatic carbocycles. The lowest BCUT2D eigenvalue weighted by Crippen LogP contribution is -2.10. The van der Waals surface area contributed by atoms with Crippen LogP contribution in [0.3, 0.4) is 0 Å². The Morgan fingerprint density at radius 2 is 2.40 bits per heavy atom. The lowest BCUT2D eigenvalue weighted by molar-refractivity contribution is 0.468. The van der Waals surface area contributed by atoms with Crippen LogP contribution in [0.5, 0.6) is 0 Å². The molecule has 0 aromatic carbocycles. The molecule has 0 amide bonds. The van der Waals surface area contributed by atoms with Crippen LogP contribution in [0.4, 0.5) is 0 Å². The maximum absolute atomic E-state index is 2.59. The minimum Gasteiger partial charge on any atom is -0.124 e. The maximum Gasteiger partial charge on any atom is 0.00337 e. The van der Waals surface area contributed by atoms with Gasteiger partial charge in [0.15, 0.2) is 0 Å². The second-order valence-corrected chi connectivity index (χ2v) is 6.91. The van der Waals surface area contributed by atoms with E-state index in [2.05, 4.69) is 17.9 Å². The fraction of sp³-hybridized carbons (Fsp3) is 0.889. The Hall–Kier alpha value is 0.600. The molecular weight excluding hydrogens is 235 g/mol. The molecule has 0 nitrogen and oxygen atoms in total. The molecule has 0 bridgehead atoms. The number of alkyl halides is 1. The first-order chi connectivity index (χ1) is 4.83. The standard InChI is InChI=1S/C9H17I/c1-3-4-9-5-6-10-8(2)7-9/h6,8-9H,3-5,7H2,1-2H3/t8-,9-/m0/s1. The Morgan fingerprint density at radius 3 is 3.00 bits per heavy atom. The van der Waals surface area contributed by atoms with Crippen molar-refractivity contribution in [1.82, 2.24) is 0 Å². The average molecular weight is 252 g/mol. The van der Waals surface area contributed by atoms with Gasteiger partial charge in [0.25, 0.3) is 0 Å². The van der Waals surface area contributed by atoms with Crippen LogP contribution in [-0.2, 0) is 0 Å². The van der Waals surface area contributed by atoms with Crippen LogP contribution in [0.15, 0.2) is 0 Å². The van der Waals surface area contributed by atoms with E-state index in [1.807, 2.05) is 0 Å². The molecule has 0 saturated carbocycles. The van der Waals surface area contributed by atoms with Crippen LogP contribution in [0.25, 0.3) is 0 Å². The van der Waals surface area contributed by atoms with E-state index in [1.54, 1.807) is 0 Å². The molecule has 0 saturated heterocycles. The molecule has 0 N–H and O–H groups in total. The number of halogens is 1. The molecule has 1 aliphatic heterocycles. The first-order valence-corrected chi connectivity index (χ1v) is 6.75. The highest BCUT2D eigenvalue weighted by molar-refractivity contribution is 14.2. The second kappa shape index (κ2) is 4.47.